The van der Waals surface area contributed by atoms with Gasteiger partial charge in [0.15, 0.2) is 0 Å². The minimum Gasteiger partial charge on any atom is -0.361 e. The lowest BCUT2D eigenvalue weighted by molar-refractivity contribution is -0.133. The lowest BCUT2D eigenvalue weighted by Gasteiger charge is -2.28. The van der Waals surface area contributed by atoms with Gasteiger partial charge in [0.05, 0.1) is 27.7 Å². The third-order valence-corrected chi connectivity index (χ3v) is 5.50. The highest BCUT2D eigenvalue weighted by Crippen LogP contribution is 2.37. The van der Waals surface area contributed by atoms with Crippen LogP contribution in [0.1, 0.15) is 54.3 Å². The molecular formula is C18H20Cl2N2O2. The van der Waals surface area contributed by atoms with E-state index in [0.717, 1.165) is 36.2 Å². The van der Waals surface area contributed by atoms with Crippen LogP contribution in [0.5, 0.6) is 0 Å². The van der Waals surface area contributed by atoms with Crippen LogP contribution in [0.4, 0.5) is 0 Å². The first-order valence-corrected chi connectivity index (χ1v) is 8.84. The monoisotopic (exact) mass is 366 g/mol. The predicted molar refractivity (Wildman–Crippen MR) is 94.5 cm³/mol. The second-order valence-corrected chi connectivity index (χ2v) is 7.14. The van der Waals surface area contributed by atoms with Crippen LogP contribution >= 0.6 is 23.2 Å². The molecule has 1 saturated heterocycles. The Morgan fingerprint density at radius 2 is 2.08 bits per heavy atom. The topological polar surface area (TPSA) is 46.3 Å². The van der Waals surface area contributed by atoms with E-state index in [1.807, 2.05) is 37.8 Å². The Hall–Kier alpha value is -1.52. The summed E-state index contributed by atoms with van der Waals surface area (Å²) in [5.41, 5.74) is 2.69. The average Bonchev–Trinajstić information content (AvgIpc) is 3.16. The molecule has 2 atom stereocenters. The van der Waals surface area contributed by atoms with Gasteiger partial charge < -0.3 is 9.42 Å². The molecule has 4 nitrogen and oxygen atoms in total. The Morgan fingerprint density at radius 1 is 1.33 bits per heavy atom. The predicted octanol–water partition coefficient (Wildman–Crippen LogP) is 5.07. The first kappa shape index (κ1) is 17.3. The van der Waals surface area contributed by atoms with E-state index in [-0.39, 0.29) is 17.9 Å². The van der Waals surface area contributed by atoms with Crippen molar-refractivity contribution >= 4 is 29.1 Å². The van der Waals surface area contributed by atoms with E-state index in [1.165, 1.54) is 0 Å². The molecule has 1 aromatic carbocycles. The van der Waals surface area contributed by atoms with Crippen molar-refractivity contribution < 1.29 is 9.32 Å². The summed E-state index contributed by atoms with van der Waals surface area (Å²) >= 11 is 12.2. The first-order valence-electron chi connectivity index (χ1n) is 8.08. The van der Waals surface area contributed by atoms with Crippen LogP contribution in [0.15, 0.2) is 22.7 Å². The Labute approximate surface area is 151 Å². The minimum atomic E-state index is -0.278. The summed E-state index contributed by atoms with van der Waals surface area (Å²) in [6.45, 7) is 6.38. The number of likely N-dealkylation sites (tertiary alicyclic amines) is 1. The highest BCUT2D eigenvalue weighted by Gasteiger charge is 2.34. The van der Waals surface area contributed by atoms with Crippen molar-refractivity contribution in [3.8, 4) is 0 Å². The molecule has 2 heterocycles. The zero-order valence-electron chi connectivity index (χ0n) is 14.0. The Morgan fingerprint density at radius 3 is 2.71 bits per heavy atom. The van der Waals surface area contributed by atoms with Gasteiger partial charge in [-0.25, -0.2) is 0 Å². The fourth-order valence-electron chi connectivity index (χ4n) is 3.58. The SMILES string of the molecule is Cc1noc(C)c1C(C)C(=O)N1CCCC1c1ccc(Cl)c(Cl)c1. The summed E-state index contributed by atoms with van der Waals surface area (Å²) in [4.78, 5) is 15.0. The molecule has 1 aromatic heterocycles. The second-order valence-electron chi connectivity index (χ2n) is 6.32. The molecule has 1 aliphatic heterocycles. The van der Waals surface area contributed by atoms with Crippen LogP contribution in [0.3, 0.4) is 0 Å². The molecule has 0 radical (unpaired) electrons. The van der Waals surface area contributed by atoms with Gasteiger partial charge in [-0.05, 0) is 51.3 Å². The highest BCUT2D eigenvalue weighted by atomic mass is 35.5. The number of benzene rings is 1. The molecule has 6 heteroatoms. The molecule has 2 aromatic rings. The molecule has 3 rings (SSSR count). The van der Waals surface area contributed by atoms with Crippen LogP contribution in [-0.2, 0) is 4.79 Å². The highest BCUT2D eigenvalue weighted by molar-refractivity contribution is 6.42. The molecule has 128 valence electrons. The van der Waals surface area contributed by atoms with Crippen LogP contribution in [0.25, 0.3) is 0 Å². The first-order chi connectivity index (χ1) is 11.4. The van der Waals surface area contributed by atoms with Crippen molar-refractivity contribution in [1.82, 2.24) is 10.1 Å². The molecule has 24 heavy (non-hydrogen) atoms. The smallest absolute Gasteiger partial charge is 0.230 e. The summed E-state index contributed by atoms with van der Waals surface area (Å²) in [5, 5.41) is 5.02. The number of carbonyl (C=O) groups excluding carboxylic acids is 1. The maximum atomic E-state index is 13.1. The second kappa shape index (κ2) is 6.77. The number of rotatable bonds is 3. The van der Waals surface area contributed by atoms with Gasteiger partial charge in [-0.15, -0.1) is 0 Å². The fourth-order valence-corrected chi connectivity index (χ4v) is 3.88. The zero-order chi connectivity index (χ0) is 17.4. The van der Waals surface area contributed by atoms with Gasteiger partial charge in [0, 0.05) is 12.1 Å². The third-order valence-electron chi connectivity index (χ3n) is 4.76. The Balaban J connectivity index is 1.87. The number of halogens is 2. The van der Waals surface area contributed by atoms with Gasteiger partial charge in [-0.1, -0.05) is 34.4 Å². The number of carbonyl (C=O) groups is 1. The van der Waals surface area contributed by atoms with E-state index in [0.29, 0.717) is 15.8 Å². The summed E-state index contributed by atoms with van der Waals surface area (Å²) in [5.74, 6) is 0.524. The van der Waals surface area contributed by atoms with Crippen molar-refractivity contribution in [2.45, 2.75) is 45.6 Å². The quantitative estimate of drug-likeness (QED) is 0.761. The summed E-state index contributed by atoms with van der Waals surface area (Å²) in [7, 11) is 0. The Kier molecular flexibility index (Phi) is 4.88. The maximum absolute atomic E-state index is 13.1. The van der Waals surface area contributed by atoms with Crippen molar-refractivity contribution in [3.63, 3.8) is 0 Å². The van der Waals surface area contributed by atoms with Crippen LogP contribution in [-0.4, -0.2) is 22.5 Å². The molecule has 0 saturated carbocycles. The van der Waals surface area contributed by atoms with Crippen LogP contribution in [0.2, 0.25) is 10.0 Å². The molecule has 2 unspecified atom stereocenters. The van der Waals surface area contributed by atoms with Gasteiger partial charge >= 0.3 is 0 Å². The fraction of sp³-hybridized carbons (Fsp3) is 0.444. The van der Waals surface area contributed by atoms with Gasteiger partial charge in [-0.3, -0.25) is 4.79 Å². The number of hydrogen-bond acceptors (Lipinski definition) is 3. The van der Waals surface area contributed by atoms with E-state index >= 15 is 0 Å². The average molecular weight is 367 g/mol. The van der Waals surface area contributed by atoms with Crippen LogP contribution in [0, 0.1) is 13.8 Å². The maximum Gasteiger partial charge on any atom is 0.230 e. The number of aryl methyl sites for hydroxylation is 2. The Bertz CT molecular complexity index is 753. The minimum absolute atomic E-state index is 0.0372. The summed E-state index contributed by atoms with van der Waals surface area (Å²) in [6.07, 6.45) is 1.91. The van der Waals surface area contributed by atoms with Crippen molar-refractivity contribution in [2.24, 2.45) is 0 Å². The van der Waals surface area contributed by atoms with Crippen molar-refractivity contribution in [3.05, 3.63) is 50.8 Å². The van der Waals surface area contributed by atoms with E-state index in [4.69, 9.17) is 27.7 Å². The van der Waals surface area contributed by atoms with Gasteiger partial charge in [0.1, 0.15) is 5.76 Å². The van der Waals surface area contributed by atoms with Gasteiger partial charge in [-0.2, -0.15) is 0 Å². The van der Waals surface area contributed by atoms with E-state index in [2.05, 4.69) is 5.16 Å². The van der Waals surface area contributed by atoms with Gasteiger partial charge in [0.2, 0.25) is 5.91 Å². The van der Waals surface area contributed by atoms with Gasteiger partial charge in [0.25, 0.3) is 0 Å². The molecule has 1 amide bonds. The third kappa shape index (κ3) is 3.05. The lowest BCUT2D eigenvalue weighted by Crippen LogP contribution is -2.34. The summed E-state index contributed by atoms with van der Waals surface area (Å²) in [6, 6.07) is 5.64. The molecule has 0 bridgehead atoms. The van der Waals surface area contributed by atoms with Crippen molar-refractivity contribution in [1.29, 1.82) is 0 Å². The zero-order valence-corrected chi connectivity index (χ0v) is 15.5. The summed E-state index contributed by atoms with van der Waals surface area (Å²) < 4.78 is 5.22. The molecule has 0 aliphatic carbocycles. The molecule has 0 N–H and O–H groups in total. The molecular weight excluding hydrogens is 347 g/mol. The van der Waals surface area contributed by atoms with E-state index in [1.54, 1.807) is 6.07 Å². The number of amides is 1. The van der Waals surface area contributed by atoms with E-state index in [9.17, 15) is 4.79 Å². The molecule has 1 fully saturated rings. The molecule has 0 spiro atoms. The normalized spacial score (nSPS) is 18.9. The standard InChI is InChI=1S/C18H20Cl2N2O2/c1-10(17-11(2)21-24-12(17)3)18(23)22-8-4-5-16(22)13-6-7-14(19)15(20)9-13/h6-7,9-10,16H,4-5,8H2,1-3H3. The number of nitrogens with zero attached hydrogens (tertiary/aromatic N) is 2. The van der Waals surface area contributed by atoms with Crippen LogP contribution < -0.4 is 0 Å². The largest absolute Gasteiger partial charge is 0.361 e. The number of hydrogen-bond donors (Lipinski definition) is 0. The van der Waals surface area contributed by atoms with E-state index < -0.39 is 0 Å². The molecule has 1 aliphatic rings. The van der Waals surface area contributed by atoms with Crippen molar-refractivity contribution in [2.75, 3.05) is 6.54 Å². The number of aromatic nitrogens is 1. The lowest BCUT2D eigenvalue weighted by atomic mass is 9.96.